The molecule has 2 aromatic heterocycles. The first kappa shape index (κ1) is 13.8. The maximum atomic E-state index is 11.6. The highest BCUT2D eigenvalue weighted by Crippen LogP contribution is 2.00. The number of aromatic nitrogens is 3. The highest BCUT2D eigenvalue weighted by atomic mass is 16.5. The standard InChI is InChI=1S/C12H14N4O4/c1-8-6-9(15-20-8)7-13-10(17)2-4-16-5-3-11(18)14-12(16)19/h3,5-6H,2,4,7H2,1H3,(H,13,17)(H,14,18,19). The van der Waals surface area contributed by atoms with Gasteiger partial charge in [-0.25, -0.2) is 4.79 Å². The molecule has 0 unspecified atom stereocenters. The minimum atomic E-state index is -0.530. The van der Waals surface area contributed by atoms with Gasteiger partial charge in [-0.15, -0.1) is 0 Å². The number of rotatable bonds is 5. The van der Waals surface area contributed by atoms with Crippen molar-refractivity contribution in [3.63, 3.8) is 0 Å². The van der Waals surface area contributed by atoms with Crippen LogP contribution >= 0.6 is 0 Å². The van der Waals surface area contributed by atoms with Crippen molar-refractivity contribution in [2.24, 2.45) is 0 Å². The molecule has 2 N–H and O–H groups in total. The van der Waals surface area contributed by atoms with Gasteiger partial charge in [-0.05, 0) is 6.92 Å². The Kier molecular flexibility index (Phi) is 4.14. The van der Waals surface area contributed by atoms with Gasteiger partial charge in [-0.3, -0.25) is 14.6 Å². The van der Waals surface area contributed by atoms with Crippen LogP contribution in [-0.4, -0.2) is 20.6 Å². The van der Waals surface area contributed by atoms with E-state index in [-0.39, 0.29) is 25.4 Å². The van der Waals surface area contributed by atoms with Gasteiger partial charge in [-0.2, -0.15) is 0 Å². The second kappa shape index (κ2) is 6.00. The molecule has 1 amide bonds. The molecule has 2 heterocycles. The van der Waals surface area contributed by atoms with Crippen molar-refractivity contribution >= 4 is 5.91 Å². The van der Waals surface area contributed by atoms with Gasteiger partial charge in [0.25, 0.3) is 5.56 Å². The van der Waals surface area contributed by atoms with E-state index in [1.807, 2.05) is 0 Å². The molecule has 20 heavy (non-hydrogen) atoms. The molecule has 0 aliphatic carbocycles. The molecule has 0 saturated heterocycles. The van der Waals surface area contributed by atoms with E-state index >= 15 is 0 Å². The van der Waals surface area contributed by atoms with Crippen molar-refractivity contribution < 1.29 is 9.32 Å². The Bertz CT molecular complexity index is 712. The van der Waals surface area contributed by atoms with Crippen LogP contribution in [-0.2, 0) is 17.9 Å². The summed E-state index contributed by atoms with van der Waals surface area (Å²) in [6.07, 6.45) is 1.48. The molecule has 0 aromatic carbocycles. The number of nitrogens with zero attached hydrogens (tertiary/aromatic N) is 2. The number of nitrogens with one attached hydrogen (secondary N) is 2. The third-order valence-electron chi connectivity index (χ3n) is 2.62. The molecule has 2 aromatic rings. The van der Waals surface area contributed by atoms with Crippen LogP contribution in [0.15, 0.2) is 32.4 Å². The van der Waals surface area contributed by atoms with Crippen LogP contribution in [0.5, 0.6) is 0 Å². The molecule has 8 nitrogen and oxygen atoms in total. The fraction of sp³-hybridized carbons (Fsp3) is 0.333. The number of hydrogen-bond donors (Lipinski definition) is 2. The monoisotopic (exact) mass is 278 g/mol. The van der Waals surface area contributed by atoms with Crippen LogP contribution in [0, 0.1) is 6.92 Å². The van der Waals surface area contributed by atoms with E-state index in [2.05, 4.69) is 15.5 Å². The van der Waals surface area contributed by atoms with Gasteiger partial charge in [0.05, 0.1) is 6.54 Å². The van der Waals surface area contributed by atoms with Crippen LogP contribution in [0.3, 0.4) is 0 Å². The number of aromatic amines is 1. The Balaban J connectivity index is 1.83. The number of amides is 1. The Morgan fingerprint density at radius 2 is 2.30 bits per heavy atom. The number of aryl methyl sites for hydroxylation is 2. The highest BCUT2D eigenvalue weighted by molar-refractivity contribution is 5.75. The summed E-state index contributed by atoms with van der Waals surface area (Å²) in [5.74, 6) is 0.456. The van der Waals surface area contributed by atoms with Crippen LogP contribution in [0.2, 0.25) is 0 Å². The second-order valence-electron chi connectivity index (χ2n) is 4.26. The molecule has 0 atom stereocenters. The van der Waals surface area contributed by atoms with E-state index in [1.165, 1.54) is 16.8 Å². The zero-order valence-corrected chi connectivity index (χ0v) is 10.9. The minimum Gasteiger partial charge on any atom is -0.361 e. The van der Waals surface area contributed by atoms with Crippen LogP contribution in [0.1, 0.15) is 17.9 Å². The van der Waals surface area contributed by atoms with E-state index in [9.17, 15) is 14.4 Å². The molecule has 0 bridgehead atoms. The Labute approximate surface area is 113 Å². The minimum absolute atomic E-state index is 0.128. The third-order valence-corrected chi connectivity index (χ3v) is 2.62. The molecule has 2 rings (SSSR count). The summed E-state index contributed by atoms with van der Waals surface area (Å²) in [5, 5.41) is 6.41. The first-order valence-corrected chi connectivity index (χ1v) is 6.03. The quantitative estimate of drug-likeness (QED) is 0.769. The Morgan fingerprint density at radius 3 is 2.95 bits per heavy atom. The summed E-state index contributed by atoms with van der Waals surface area (Å²) >= 11 is 0. The summed E-state index contributed by atoms with van der Waals surface area (Å²) in [6, 6.07) is 2.96. The topological polar surface area (TPSA) is 110 Å². The molecular weight excluding hydrogens is 264 g/mol. The number of carbonyl (C=O) groups excluding carboxylic acids is 1. The van der Waals surface area contributed by atoms with Gasteiger partial charge in [0.1, 0.15) is 11.5 Å². The van der Waals surface area contributed by atoms with E-state index in [4.69, 9.17) is 4.52 Å². The fourth-order valence-electron chi connectivity index (χ4n) is 1.62. The van der Waals surface area contributed by atoms with Crippen LogP contribution < -0.4 is 16.6 Å². The maximum absolute atomic E-state index is 11.6. The van der Waals surface area contributed by atoms with Gasteiger partial charge >= 0.3 is 5.69 Å². The third kappa shape index (κ3) is 3.67. The summed E-state index contributed by atoms with van der Waals surface area (Å²) in [4.78, 5) is 36.0. The van der Waals surface area contributed by atoms with Crippen molar-refractivity contribution in [2.45, 2.75) is 26.4 Å². The number of carbonyl (C=O) groups is 1. The molecule has 0 spiro atoms. The smallest absolute Gasteiger partial charge is 0.328 e. The predicted octanol–water partition coefficient (Wildman–Crippen LogP) is -0.460. The molecule has 0 saturated carbocycles. The van der Waals surface area contributed by atoms with E-state index in [1.54, 1.807) is 13.0 Å². The molecule has 8 heteroatoms. The van der Waals surface area contributed by atoms with Gasteiger partial charge in [0.15, 0.2) is 0 Å². The largest absolute Gasteiger partial charge is 0.361 e. The summed E-state index contributed by atoms with van der Waals surface area (Å²) in [5.41, 5.74) is -0.355. The number of hydrogen-bond acceptors (Lipinski definition) is 5. The molecule has 0 fully saturated rings. The van der Waals surface area contributed by atoms with Crippen molar-refractivity contribution in [1.82, 2.24) is 20.0 Å². The normalized spacial score (nSPS) is 10.4. The number of H-pyrrole nitrogens is 1. The molecular formula is C12H14N4O4. The van der Waals surface area contributed by atoms with E-state index < -0.39 is 11.2 Å². The first-order chi connectivity index (χ1) is 9.54. The lowest BCUT2D eigenvalue weighted by Crippen LogP contribution is -2.31. The van der Waals surface area contributed by atoms with Crippen molar-refractivity contribution in [3.8, 4) is 0 Å². The maximum Gasteiger partial charge on any atom is 0.328 e. The van der Waals surface area contributed by atoms with Gasteiger partial charge in [-0.1, -0.05) is 5.16 Å². The van der Waals surface area contributed by atoms with Crippen molar-refractivity contribution in [3.05, 3.63) is 50.6 Å². The predicted molar refractivity (Wildman–Crippen MR) is 69.0 cm³/mol. The van der Waals surface area contributed by atoms with Gasteiger partial charge in [0, 0.05) is 31.3 Å². The van der Waals surface area contributed by atoms with Gasteiger partial charge in [0.2, 0.25) is 5.91 Å². The van der Waals surface area contributed by atoms with Crippen LogP contribution in [0.4, 0.5) is 0 Å². The Hall–Kier alpha value is -2.64. The fourth-order valence-corrected chi connectivity index (χ4v) is 1.62. The highest BCUT2D eigenvalue weighted by Gasteiger charge is 2.05. The molecule has 0 radical (unpaired) electrons. The van der Waals surface area contributed by atoms with E-state index in [0.29, 0.717) is 11.5 Å². The Morgan fingerprint density at radius 1 is 1.50 bits per heavy atom. The first-order valence-electron chi connectivity index (χ1n) is 6.03. The molecule has 0 aliphatic rings. The summed E-state index contributed by atoms with van der Waals surface area (Å²) in [7, 11) is 0. The lowest BCUT2D eigenvalue weighted by atomic mass is 10.3. The zero-order chi connectivity index (χ0) is 14.5. The lowest BCUT2D eigenvalue weighted by molar-refractivity contribution is -0.121. The molecule has 0 aliphatic heterocycles. The van der Waals surface area contributed by atoms with Crippen LogP contribution in [0.25, 0.3) is 0 Å². The summed E-state index contributed by atoms with van der Waals surface area (Å²) in [6.45, 7) is 2.23. The second-order valence-corrected chi connectivity index (χ2v) is 4.26. The van der Waals surface area contributed by atoms with Gasteiger partial charge < -0.3 is 14.4 Å². The zero-order valence-electron chi connectivity index (χ0n) is 10.9. The molecule has 106 valence electrons. The average molecular weight is 278 g/mol. The van der Waals surface area contributed by atoms with Crippen molar-refractivity contribution in [1.29, 1.82) is 0 Å². The lowest BCUT2D eigenvalue weighted by Gasteiger charge is -2.05. The van der Waals surface area contributed by atoms with E-state index in [0.717, 1.165) is 0 Å². The average Bonchev–Trinajstić information content (AvgIpc) is 2.81. The summed E-state index contributed by atoms with van der Waals surface area (Å²) < 4.78 is 6.14. The SMILES string of the molecule is Cc1cc(CNC(=O)CCn2ccc(=O)[nH]c2=O)no1. The van der Waals surface area contributed by atoms with Crippen molar-refractivity contribution in [2.75, 3.05) is 0 Å².